The maximum Gasteiger partial charge on any atom is 0.236 e. The summed E-state index contributed by atoms with van der Waals surface area (Å²) in [5.41, 5.74) is 2.49. The molecule has 26 heavy (non-hydrogen) atoms. The summed E-state index contributed by atoms with van der Waals surface area (Å²) >= 11 is 4.57. The van der Waals surface area contributed by atoms with E-state index in [0.29, 0.717) is 5.13 Å². The van der Waals surface area contributed by atoms with Gasteiger partial charge in [-0.2, -0.15) is 0 Å². The topological polar surface area (TPSA) is 72.7 Å². The van der Waals surface area contributed by atoms with Gasteiger partial charge < -0.3 is 9.88 Å². The number of nitrogens with one attached hydrogen (secondary N) is 1. The van der Waals surface area contributed by atoms with Crippen molar-refractivity contribution >= 4 is 45.5 Å². The number of rotatable bonds is 8. The van der Waals surface area contributed by atoms with Crippen molar-refractivity contribution in [3.8, 4) is 11.4 Å². The Hall–Kier alpha value is -1.71. The minimum absolute atomic E-state index is 0.0850. The molecule has 0 fully saturated rings. The lowest BCUT2D eigenvalue weighted by Crippen LogP contribution is -2.14. The van der Waals surface area contributed by atoms with Crippen molar-refractivity contribution in [3.63, 3.8) is 0 Å². The van der Waals surface area contributed by atoms with E-state index in [2.05, 4.69) is 51.2 Å². The number of hydrogen-bond acceptors (Lipinski definition) is 7. The molecule has 0 saturated heterocycles. The number of anilines is 1. The fourth-order valence-corrected chi connectivity index (χ4v) is 4.95. The molecule has 3 aromatic rings. The molecule has 3 heterocycles. The molecule has 6 nitrogen and oxygen atoms in total. The summed E-state index contributed by atoms with van der Waals surface area (Å²) in [7, 11) is 0. The van der Waals surface area contributed by atoms with Crippen LogP contribution in [-0.2, 0) is 17.8 Å². The number of thioether (sulfide) groups is 1. The zero-order valence-electron chi connectivity index (χ0n) is 15.0. The highest BCUT2D eigenvalue weighted by Gasteiger charge is 2.19. The predicted octanol–water partition coefficient (Wildman–Crippen LogP) is 4.47. The number of nitrogens with zero attached hydrogens (tertiary/aromatic N) is 4. The Morgan fingerprint density at radius 3 is 2.85 bits per heavy atom. The predicted molar refractivity (Wildman–Crippen MR) is 109 cm³/mol. The number of aromatic nitrogens is 4. The van der Waals surface area contributed by atoms with E-state index in [1.165, 1.54) is 33.5 Å². The van der Waals surface area contributed by atoms with E-state index >= 15 is 0 Å². The summed E-state index contributed by atoms with van der Waals surface area (Å²) in [6, 6.07) is 0. The van der Waals surface area contributed by atoms with Crippen molar-refractivity contribution in [1.82, 2.24) is 19.7 Å². The summed E-state index contributed by atoms with van der Waals surface area (Å²) in [5.74, 6) is 1.10. The van der Waals surface area contributed by atoms with Crippen LogP contribution in [0.1, 0.15) is 30.7 Å². The van der Waals surface area contributed by atoms with Crippen molar-refractivity contribution in [2.24, 2.45) is 0 Å². The molecule has 9 heteroatoms. The van der Waals surface area contributed by atoms with E-state index in [0.717, 1.165) is 35.9 Å². The zero-order valence-corrected chi connectivity index (χ0v) is 17.4. The van der Waals surface area contributed by atoms with Gasteiger partial charge in [0.2, 0.25) is 5.91 Å². The molecule has 138 valence electrons. The number of hydrogen-bond donors (Lipinski definition) is 1. The molecule has 0 atom stereocenters. The number of carbonyl (C=O) groups is 1. The Kier molecular flexibility index (Phi) is 6.44. The summed E-state index contributed by atoms with van der Waals surface area (Å²) in [6.07, 6.45) is 3.63. The van der Waals surface area contributed by atoms with Crippen LogP contribution in [0, 0.1) is 6.92 Å². The maximum absolute atomic E-state index is 12.1. The van der Waals surface area contributed by atoms with Gasteiger partial charge in [-0.15, -0.1) is 32.9 Å². The van der Waals surface area contributed by atoms with Gasteiger partial charge in [0.05, 0.1) is 5.75 Å². The molecule has 0 spiro atoms. The van der Waals surface area contributed by atoms with Crippen molar-refractivity contribution in [1.29, 1.82) is 0 Å². The normalized spacial score (nSPS) is 11.0. The summed E-state index contributed by atoms with van der Waals surface area (Å²) in [5, 5.41) is 17.0. The Labute approximate surface area is 165 Å². The van der Waals surface area contributed by atoms with Crippen LogP contribution in [0.25, 0.3) is 11.4 Å². The lowest BCUT2D eigenvalue weighted by atomic mass is 10.1. The average Bonchev–Trinajstić information content (AvgIpc) is 3.34. The summed E-state index contributed by atoms with van der Waals surface area (Å²) in [6.45, 7) is 7.27. The highest BCUT2D eigenvalue weighted by Crippen LogP contribution is 2.32. The summed E-state index contributed by atoms with van der Waals surface area (Å²) < 4.78 is 2.13. The quantitative estimate of drug-likeness (QED) is 0.558. The van der Waals surface area contributed by atoms with Crippen molar-refractivity contribution in [2.45, 2.75) is 45.3 Å². The Balaban J connectivity index is 1.77. The van der Waals surface area contributed by atoms with E-state index in [-0.39, 0.29) is 11.7 Å². The van der Waals surface area contributed by atoms with E-state index in [9.17, 15) is 4.79 Å². The molecule has 0 aliphatic carbocycles. The van der Waals surface area contributed by atoms with E-state index in [1.54, 1.807) is 17.5 Å². The van der Waals surface area contributed by atoms with Gasteiger partial charge in [0.15, 0.2) is 16.1 Å². The van der Waals surface area contributed by atoms with Gasteiger partial charge in [-0.25, -0.2) is 4.98 Å². The Morgan fingerprint density at radius 1 is 1.31 bits per heavy atom. The second-order valence-corrected chi connectivity index (χ2v) is 8.59. The number of thiophene rings is 1. The molecule has 0 bridgehead atoms. The third-order valence-electron chi connectivity index (χ3n) is 3.87. The molecular weight excluding hydrogens is 386 g/mol. The minimum atomic E-state index is -0.0850. The van der Waals surface area contributed by atoms with E-state index in [1.807, 2.05) is 5.38 Å². The minimum Gasteiger partial charge on any atom is -0.302 e. The first-order chi connectivity index (χ1) is 12.6. The van der Waals surface area contributed by atoms with Gasteiger partial charge >= 0.3 is 0 Å². The molecule has 0 unspecified atom stereocenters. The van der Waals surface area contributed by atoms with Gasteiger partial charge in [-0.3, -0.25) is 4.79 Å². The van der Waals surface area contributed by atoms with Crippen LogP contribution in [0.3, 0.4) is 0 Å². The fourth-order valence-electron chi connectivity index (χ4n) is 2.70. The van der Waals surface area contributed by atoms with Crippen molar-refractivity contribution in [3.05, 3.63) is 27.4 Å². The Morgan fingerprint density at radius 2 is 2.15 bits per heavy atom. The smallest absolute Gasteiger partial charge is 0.236 e. The highest BCUT2D eigenvalue weighted by atomic mass is 32.2. The average molecular weight is 408 g/mol. The largest absolute Gasteiger partial charge is 0.302 e. The van der Waals surface area contributed by atoms with E-state index in [4.69, 9.17) is 0 Å². The van der Waals surface area contributed by atoms with Crippen LogP contribution in [0.4, 0.5) is 5.13 Å². The van der Waals surface area contributed by atoms with Gasteiger partial charge in [-0.05, 0) is 25.3 Å². The lowest BCUT2D eigenvalue weighted by Gasteiger charge is -2.09. The molecule has 1 amide bonds. The fraction of sp³-hybridized carbons (Fsp3) is 0.412. The first kappa shape index (κ1) is 19.1. The first-order valence-corrected chi connectivity index (χ1v) is 11.2. The SMILES string of the molecule is CCCn1c(SCC(=O)Nc2nccs2)nnc1-c1csc(C)c1CC. The number of amides is 1. The zero-order chi connectivity index (χ0) is 18.5. The van der Waals surface area contributed by atoms with Crippen LogP contribution >= 0.6 is 34.4 Å². The summed E-state index contributed by atoms with van der Waals surface area (Å²) in [4.78, 5) is 17.5. The Bertz CT molecular complexity index is 869. The standard InChI is InChI=1S/C17H21N5OS3/c1-4-7-22-15(13-9-25-11(3)12(13)5-2)20-21-17(22)26-10-14(23)19-16-18-6-8-24-16/h6,8-9H,4-5,7,10H2,1-3H3,(H,18,19,23). The van der Waals surface area contributed by atoms with Crippen LogP contribution in [-0.4, -0.2) is 31.4 Å². The molecule has 1 N–H and O–H groups in total. The van der Waals surface area contributed by atoms with Crippen molar-refractivity contribution in [2.75, 3.05) is 11.1 Å². The lowest BCUT2D eigenvalue weighted by molar-refractivity contribution is -0.113. The molecule has 0 saturated carbocycles. The number of thiazole rings is 1. The monoisotopic (exact) mass is 407 g/mol. The van der Waals surface area contributed by atoms with Gasteiger partial charge in [0, 0.05) is 33.9 Å². The van der Waals surface area contributed by atoms with Crippen molar-refractivity contribution < 1.29 is 4.79 Å². The highest BCUT2D eigenvalue weighted by molar-refractivity contribution is 7.99. The van der Waals surface area contributed by atoms with Crippen LogP contribution < -0.4 is 5.32 Å². The molecule has 0 aliphatic rings. The molecule has 0 aromatic carbocycles. The van der Waals surface area contributed by atoms with Gasteiger partial charge in [-0.1, -0.05) is 25.6 Å². The van der Waals surface area contributed by atoms with Gasteiger partial charge in [0.1, 0.15) is 0 Å². The second kappa shape index (κ2) is 8.79. The van der Waals surface area contributed by atoms with Crippen LogP contribution in [0.15, 0.2) is 22.1 Å². The third kappa shape index (κ3) is 4.16. The number of carbonyl (C=O) groups excluding carboxylic acids is 1. The molecule has 0 aliphatic heterocycles. The molecule has 3 rings (SSSR count). The van der Waals surface area contributed by atoms with E-state index < -0.39 is 0 Å². The van der Waals surface area contributed by atoms with Crippen LogP contribution in [0.2, 0.25) is 0 Å². The molecular formula is C17H21N5OS3. The maximum atomic E-state index is 12.1. The van der Waals surface area contributed by atoms with Gasteiger partial charge in [0.25, 0.3) is 0 Å². The van der Waals surface area contributed by atoms with Crippen LogP contribution in [0.5, 0.6) is 0 Å². The third-order valence-corrected chi connectivity index (χ3v) is 6.48. The second-order valence-electron chi connectivity index (χ2n) is 5.67. The molecule has 3 aromatic heterocycles. The molecule has 0 radical (unpaired) electrons. The first-order valence-electron chi connectivity index (χ1n) is 8.46. The number of aryl methyl sites for hydroxylation is 1.